The molecule has 24 heavy (non-hydrogen) atoms. The lowest BCUT2D eigenvalue weighted by Crippen LogP contribution is -2.42. The van der Waals surface area contributed by atoms with Crippen molar-refractivity contribution in [3.05, 3.63) is 60.2 Å². The molecule has 0 amide bonds. The molecular weight excluding hydrogens is 307 g/mol. The van der Waals surface area contributed by atoms with Gasteiger partial charge in [-0.05, 0) is 30.7 Å². The van der Waals surface area contributed by atoms with Crippen LogP contribution in [0.25, 0.3) is 0 Å². The first-order valence-electron chi connectivity index (χ1n) is 7.98. The van der Waals surface area contributed by atoms with Gasteiger partial charge < -0.3 is 15.4 Å². The fraction of sp³-hybridized carbons (Fsp3) is 0.333. The van der Waals surface area contributed by atoms with E-state index in [1.165, 1.54) is 12.1 Å². The van der Waals surface area contributed by atoms with Gasteiger partial charge in [-0.15, -0.1) is 0 Å². The number of halogens is 1. The average molecular weight is 330 g/mol. The van der Waals surface area contributed by atoms with E-state index in [1.54, 1.807) is 25.4 Å². The van der Waals surface area contributed by atoms with Crippen molar-refractivity contribution in [2.75, 3.05) is 13.6 Å². The van der Waals surface area contributed by atoms with Crippen molar-refractivity contribution in [3.8, 4) is 5.75 Å². The third-order valence-electron chi connectivity index (χ3n) is 3.44. The van der Waals surface area contributed by atoms with Crippen LogP contribution in [0.1, 0.15) is 19.0 Å². The second-order valence-corrected chi connectivity index (χ2v) is 5.23. The maximum absolute atomic E-state index is 13.2. The van der Waals surface area contributed by atoms with Crippen LogP contribution >= 0.6 is 0 Å². The van der Waals surface area contributed by atoms with Crippen molar-refractivity contribution in [2.45, 2.75) is 26.0 Å². The number of ether oxygens (including phenoxy) is 1. The monoisotopic (exact) mass is 330 g/mol. The summed E-state index contributed by atoms with van der Waals surface area (Å²) in [6, 6.07) is 11.9. The zero-order valence-corrected chi connectivity index (χ0v) is 14.0. The van der Waals surface area contributed by atoms with E-state index in [2.05, 4.69) is 20.6 Å². The van der Waals surface area contributed by atoms with E-state index in [9.17, 15) is 4.39 Å². The highest BCUT2D eigenvalue weighted by Gasteiger charge is 2.10. The number of benzene rings is 1. The number of aliphatic imine (C=N–C) groups is 1. The smallest absolute Gasteiger partial charge is 0.191 e. The summed E-state index contributed by atoms with van der Waals surface area (Å²) in [6.45, 7) is 3.17. The average Bonchev–Trinajstić information content (AvgIpc) is 2.61. The van der Waals surface area contributed by atoms with Crippen LogP contribution in [0.5, 0.6) is 5.75 Å². The lowest BCUT2D eigenvalue weighted by molar-refractivity contribution is 0.198. The SMILES string of the molecule is CCC(CNC(=NC)NCc1ccccn1)Oc1cccc(F)c1. The molecule has 0 bridgehead atoms. The van der Waals surface area contributed by atoms with Crippen LogP contribution in [-0.4, -0.2) is 30.6 Å². The zero-order chi connectivity index (χ0) is 17.2. The summed E-state index contributed by atoms with van der Waals surface area (Å²) in [6.07, 6.45) is 2.47. The molecule has 0 spiro atoms. The zero-order valence-electron chi connectivity index (χ0n) is 14.0. The van der Waals surface area contributed by atoms with E-state index in [1.807, 2.05) is 25.1 Å². The summed E-state index contributed by atoms with van der Waals surface area (Å²) in [5.41, 5.74) is 0.934. The predicted molar refractivity (Wildman–Crippen MR) is 93.5 cm³/mol. The topological polar surface area (TPSA) is 58.5 Å². The highest BCUT2D eigenvalue weighted by molar-refractivity contribution is 5.79. The van der Waals surface area contributed by atoms with Gasteiger partial charge in [0.2, 0.25) is 0 Å². The van der Waals surface area contributed by atoms with Gasteiger partial charge in [0.15, 0.2) is 5.96 Å². The van der Waals surface area contributed by atoms with Gasteiger partial charge in [-0.25, -0.2) is 4.39 Å². The third kappa shape index (κ3) is 5.87. The molecule has 1 atom stereocenters. The molecule has 0 fully saturated rings. The number of hydrogen-bond acceptors (Lipinski definition) is 3. The standard InChI is InChI=1S/C18H23FN4O/c1-3-16(24-17-9-6-7-14(19)11-17)13-23-18(20-2)22-12-15-8-4-5-10-21-15/h4-11,16H,3,12-13H2,1-2H3,(H2,20,22,23). The fourth-order valence-electron chi connectivity index (χ4n) is 2.11. The molecule has 2 aromatic rings. The Labute approximate surface area is 142 Å². The van der Waals surface area contributed by atoms with Crippen molar-refractivity contribution < 1.29 is 9.13 Å². The normalized spacial score (nSPS) is 12.5. The van der Waals surface area contributed by atoms with Crippen molar-refractivity contribution >= 4 is 5.96 Å². The van der Waals surface area contributed by atoms with E-state index < -0.39 is 0 Å². The minimum Gasteiger partial charge on any atom is -0.489 e. The van der Waals surface area contributed by atoms with Crippen LogP contribution in [0, 0.1) is 5.82 Å². The quantitative estimate of drug-likeness (QED) is 0.605. The molecule has 0 saturated carbocycles. The van der Waals surface area contributed by atoms with E-state index in [0.717, 1.165) is 12.1 Å². The van der Waals surface area contributed by atoms with E-state index >= 15 is 0 Å². The minimum atomic E-state index is -0.303. The summed E-state index contributed by atoms with van der Waals surface area (Å²) in [5, 5.41) is 6.42. The Morgan fingerprint density at radius 2 is 2.12 bits per heavy atom. The fourth-order valence-corrected chi connectivity index (χ4v) is 2.11. The van der Waals surface area contributed by atoms with Crippen LogP contribution in [0.15, 0.2) is 53.7 Å². The number of rotatable bonds is 7. The number of nitrogens with zero attached hydrogens (tertiary/aromatic N) is 2. The van der Waals surface area contributed by atoms with Crippen LogP contribution in [0.3, 0.4) is 0 Å². The van der Waals surface area contributed by atoms with Gasteiger partial charge in [-0.2, -0.15) is 0 Å². The Kier molecular flexibility index (Phi) is 7.01. The molecule has 0 aliphatic heterocycles. The maximum Gasteiger partial charge on any atom is 0.191 e. The molecule has 0 radical (unpaired) electrons. The number of hydrogen-bond donors (Lipinski definition) is 2. The molecule has 1 aromatic heterocycles. The van der Waals surface area contributed by atoms with Crippen molar-refractivity contribution in [3.63, 3.8) is 0 Å². The van der Waals surface area contributed by atoms with Gasteiger partial charge in [0.25, 0.3) is 0 Å². The molecule has 1 aromatic carbocycles. The molecule has 2 rings (SSSR count). The lowest BCUT2D eigenvalue weighted by atomic mass is 10.2. The highest BCUT2D eigenvalue weighted by Crippen LogP contribution is 2.14. The second kappa shape index (κ2) is 9.50. The Bertz CT molecular complexity index is 648. The molecule has 1 heterocycles. The van der Waals surface area contributed by atoms with Gasteiger partial charge in [0.05, 0.1) is 18.8 Å². The van der Waals surface area contributed by atoms with Crippen LogP contribution in [0.2, 0.25) is 0 Å². The van der Waals surface area contributed by atoms with Crippen molar-refractivity contribution in [1.82, 2.24) is 15.6 Å². The van der Waals surface area contributed by atoms with Gasteiger partial charge in [0.1, 0.15) is 17.7 Å². The number of aromatic nitrogens is 1. The van der Waals surface area contributed by atoms with Gasteiger partial charge in [-0.3, -0.25) is 9.98 Å². The maximum atomic E-state index is 13.2. The molecule has 6 heteroatoms. The first kappa shape index (κ1) is 17.7. The molecule has 0 saturated heterocycles. The molecule has 1 unspecified atom stereocenters. The van der Waals surface area contributed by atoms with Crippen LogP contribution < -0.4 is 15.4 Å². The molecule has 0 aliphatic carbocycles. The predicted octanol–water partition coefficient (Wildman–Crippen LogP) is 2.74. The largest absolute Gasteiger partial charge is 0.489 e. The summed E-state index contributed by atoms with van der Waals surface area (Å²) in [7, 11) is 1.71. The molecule has 5 nitrogen and oxygen atoms in total. The number of guanidine groups is 1. The molecular formula is C18H23FN4O. The van der Waals surface area contributed by atoms with Gasteiger partial charge >= 0.3 is 0 Å². The molecule has 128 valence electrons. The molecule has 0 aliphatic rings. The van der Waals surface area contributed by atoms with Crippen molar-refractivity contribution in [2.24, 2.45) is 4.99 Å². The van der Waals surface area contributed by atoms with E-state index in [0.29, 0.717) is 24.8 Å². The van der Waals surface area contributed by atoms with E-state index in [4.69, 9.17) is 4.74 Å². The number of pyridine rings is 1. The van der Waals surface area contributed by atoms with Crippen LogP contribution in [-0.2, 0) is 6.54 Å². The van der Waals surface area contributed by atoms with Crippen LogP contribution in [0.4, 0.5) is 4.39 Å². The van der Waals surface area contributed by atoms with Gasteiger partial charge in [-0.1, -0.05) is 19.1 Å². The second-order valence-electron chi connectivity index (χ2n) is 5.23. The summed E-state index contributed by atoms with van der Waals surface area (Å²) in [5.74, 6) is 0.894. The summed E-state index contributed by atoms with van der Waals surface area (Å²) >= 11 is 0. The first-order valence-corrected chi connectivity index (χ1v) is 7.98. The third-order valence-corrected chi connectivity index (χ3v) is 3.44. The Balaban J connectivity index is 1.82. The first-order chi connectivity index (χ1) is 11.7. The summed E-state index contributed by atoms with van der Waals surface area (Å²) in [4.78, 5) is 8.44. The molecule has 2 N–H and O–H groups in total. The Morgan fingerprint density at radius 1 is 1.25 bits per heavy atom. The lowest BCUT2D eigenvalue weighted by Gasteiger charge is -2.20. The van der Waals surface area contributed by atoms with E-state index in [-0.39, 0.29) is 11.9 Å². The Hall–Kier alpha value is -2.63. The summed E-state index contributed by atoms with van der Waals surface area (Å²) < 4.78 is 19.0. The van der Waals surface area contributed by atoms with Crippen molar-refractivity contribution in [1.29, 1.82) is 0 Å². The Morgan fingerprint density at radius 3 is 2.79 bits per heavy atom. The highest BCUT2D eigenvalue weighted by atomic mass is 19.1. The minimum absolute atomic E-state index is 0.0831. The van der Waals surface area contributed by atoms with Gasteiger partial charge in [0, 0.05) is 19.3 Å². The number of nitrogens with one attached hydrogen (secondary N) is 2.